The molecule has 0 unspecified atom stereocenters. The highest BCUT2D eigenvalue weighted by atomic mass is 32.1. The van der Waals surface area contributed by atoms with Gasteiger partial charge in [0.25, 0.3) is 0 Å². The lowest BCUT2D eigenvalue weighted by molar-refractivity contribution is 1.18. The number of pyridine rings is 1. The first-order valence-corrected chi connectivity index (χ1v) is 21.7. The van der Waals surface area contributed by atoms with Crippen LogP contribution < -0.4 is 0 Å². The number of nitrogens with zero attached hydrogens (tertiary/aromatic N) is 3. The second-order valence-electron chi connectivity index (χ2n) is 15.1. The minimum absolute atomic E-state index is 0.684. The summed E-state index contributed by atoms with van der Waals surface area (Å²) in [5, 5.41) is 6.13. The molecule has 0 spiro atoms. The highest BCUT2D eigenvalue weighted by Gasteiger charge is 2.20. The van der Waals surface area contributed by atoms with Crippen molar-refractivity contribution in [3.63, 3.8) is 0 Å². The molecule has 5 heteroatoms. The van der Waals surface area contributed by atoms with Crippen molar-refractivity contribution in [1.82, 2.24) is 15.0 Å². The molecule has 0 bridgehead atoms. The van der Waals surface area contributed by atoms with Gasteiger partial charge in [-0.25, -0.2) is 15.0 Å². The van der Waals surface area contributed by atoms with Gasteiger partial charge >= 0.3 is 0 Å². The van der Waals surface area contributed by atoms with E-state index in [-0.39, 0.29) is 0 Å². The fourth-order valence-electron chi connectivity index (χ4n) is 8.58. The summed E-state index contributed by atoms with van der Waals surface area (Å²) in [5.41, 5.74) is 12.4. The Kier molecular flexibility index (Phi) is 8.22. The third kappa shape index (κ3) is 5.90. The first-order chi connectivity index (χ1) is 29.7. The number of thiophene rings is 2. The number of aromatic nitrogens is 3. The van der Waals surface area contributed by atoms with Crippen LogP contribution in [0.3, 0.4) is 0 Å². The van der Waals surface area contributed by atoms with Gasteiger partial charge in [-0.2, -0.15) is 0 Å². The minimum atomic E-state index is 0.684. The van der Waals surface area contributed by atoms with Crippen molar-refractivity contribution in [2.24, 2.45) is 0 Å². The zero-order valence-corrected chi connectivity index (χ0v) is 33.8. The van der Waals surface area contributed by atoms with Gasteiger partial charge < -0.3 is 0 Å². The maximum atomic E-state index is 5.50. The van der Waals surface area contributed by atoms with Crippen LogP contribution in [0.25, 0.3) is 119 Å². The van der Waals surface area contributed by atoms with Crippen LogP contribution in [0.2, 0.25) is 0 Å². The van der Waals surface area contributed by atoms with E-state index in [1.54, 1.807) is 0 Å². The Hall–Kier alpha value is -7.31. The van der Waals surface area contributed by atoms with Crippen molar-refractivity contribution < 1.29 is 0 Å². The van der Waals surface area contributed by atoms with Crippen molar-refractivity contribution in [2.75, 3.05) is 0 Å². The van der Waals surface area contributed by atoms with E-state index in [1.807, 2.05) is 40.9 Å². The zero-order chi connectivity index (χ0) is 39.6. The molecular weight excluding hydrogens is 767 g/mol. The summed E-state index contributed by atoms with van der Waals surface area (Å²) in [5.74, 6) is 0.684. The van der Waals surface area contributed by atoms with Crippen molar-refractivity contribution in [2.45, 2.75) is 0 Å². The van der Waals surface area contributed by atoms with Crippen LogP contribution in [0.4, 0.5) is 0 Å². The predicted octanol–water partition coefficient (Wildman–Crippen LogP) is 15.8. The number of hydrogen-bond acceptors (Lipinski definition) is 5. The van der Waals surface area contributed by atoms with Crippen molar-refractivity contribution in [3.8, 4) is 67.4 Å². The molecule has 0 fully saturated rings. The summed E-state index contributed by atoms with van der Waals surface area (Å²) >= 11 is 3.70. The van der Waals surface area contributed by atoms with E-state index in [1.165, 1.54) is 62.4 Å². The highest BCUT2D eigenvalue weighted by Crippen LogP contribution is 2.46. The molecular formula is C55H33N3S2. The van der Waals surface area contributed by atoms with Crippen LogP contribution >= 0.6 is 22.7 Å². The molecule has 8 aromatic carbocycles. The van der Waals surface area contributed by atoms with Crippen LogP contribution in [-0.4, -0.2) is 15.0 Å². The molecule has 0 atom stereocenters. The Morgan fingerprint density at radius 2 is 0.867 bits per heavy atom. The highest BCUT2D eigenvalue weighted by molar-refractivity contribution is 7.27. The first kappa shape index (κ1) is 34.7. The van der Waals surface area contributed by atoms with Gasteiger partial charge in [-0.15, -0.1) is 22.7 Å². The Labute approximate surface area is 354 Å². The molecule has 60 heavy (non-hydrogen) atoms. The summed E-state index contributed by atoms with van der Waals surface area (Å²) < 4.78 is 5.06. The first-order valence-electron chi connectivity index (χ1n) is 20.1. The third-order valence-electron chi connectivity index (χ3n) is 11.5. The lowest BCUT2D eigenvalue weighted by atomic mass is 9.93. The Morgan fingerprint density at radius 1 is 0.317 bits per heavy atom. The average molecular weight is 800 g/mol. The SMILES string of the molecule is c1ccc(-c2ccc(-c3cc(-c4cc(-c5cccc6c5sc5ccccc56)cc(-c5nc6ccccc6c6sc7ccccc7c56)c4)nc(-c4ccccc4)n3)cc2)cc1. The number of rotatable bonds is 6. The second-order valence-corrected chi connectivity index (χ2v) is 17.2. The van der Waals surface area contributed by atoms with E-state index in [9.17, 15) is 0 Å². The monoisotopic (exact) mass is 799 g/mol. The Morgan fingerprint density at radius 3 is 1.65 bits per heavy atom. The molecule has 4 heterocycles. The minimum Gasteiger partial charge on any atom is -0.247 e. The maximum absolute atomic E-state index is 5.50. The molecule has 0 saturated carbocycles. The summed E-state index contributed by atoms with van der Waals surface area (Å²) in [7, 11) is 0. The van der Waals surface area contributed by atoms with Gasteiger partial charge in [0.05, 0.1) is 22.6 Å². The van der Waals surface area contributed by atoms with Crippen LogP contribution in [-0.2, 0) is 0 Å². The fourth-order valence-corrected chi connectivity index (χ4v) is 11.1. The molecule has 12 aromatic rings. The Bertz CT molecular complexity index is 3590. The molecule has 0 aliphatic carbocycles. The van der Waals surface area contributed by atoms with Crippen LogP contribution in [0.15, 0.2) is 200 Å². The standard InChI is InChI=1S/C55H33N3S2/c1-3-14-34(15-4-1)35-26-28-36(29-27-35)47-33-48(58-55(57-47)37-16-5-2-6-17-37)39-30-38(41-21-13-22-43-42-18-8-11-24-49(42)59-53(41)43)31-40(32-39)52-51-45-20-9-12-25-50(45)60-54(51)44-19-7-10-23-46(44)56-52/h1-33H. The quantitative estimate of drug-likeness (QED) is 0.168. The summed E-state index contributed by atoms with van der Waals surface area (Å²) in [6.07, 6.45) is 0. The van der Waals surface area contributed by atoms with Gasteiger partial charge in [-0.1, -0.05) is 158 Å². The maximum Gasteiger partial charge on any atom is 0.160 e. The lowest BCUT2D eigenvalue weighted by Crippen LogP contribution is -1.97. The van der Waals surface area contributed by atoms with Crippen molar-refractivity contribution in [3.05, 3.63) is 200 Å². The van der Waals surface area contributed by atoms with E-state index in [0.29, 0.717) is 5.82 Å². The Balaban J connectivity index is 1.13. The normalized spacial score (nSPS) is 11.7. The van der Waals surface area contributed by atoms with E-state index >= 15 is 0 Å². The predicted molar refractivity (Wildman–Crippen MR) is 256 cm³/mol. The molecule has 0 N–H and O–H groups in total. The number of hydrogen-bond donors (Lipinski definition) is 0. The zero-order valence-electron chi connectivity index (χ0n) is 32.2. The van der Waals surface area contributed by atoms with Crippen molar-refractivity contribution >= 4 is 73.9 Å². The molecule has 0 amide bonds. The topological polar surface area (TPSA) is 38.7 Å². The van der Waals surface area contributed by atoms with Crippen LogP contribution in [0, 0.1) is 0 Å². The summed E-state index contributed by atoms with van der Waals surface area (Å²) in [6.45, 7) is 0. The lowest BCUT2D eigenvalue weighted by Gasteiger charge is -2.15. The van der Waals surface area contributed by atoms with Crippen molar-refractivity contribution in [1.29, 1.82) is 0 Å². The third-order valence-corrected chi connectivity index (χ3v) is 13.9. The van der Waals surface area contributed by atoms with E-state index < -0.39 is 0 Å². The van der Waals surface area contributed by atoms with Gasteiger partial charge in [0.1, 0.15) is 0 Å². The second kappa shape index (κ2) is 14.2. The molecule has 0 aliphatic rings. The largest absolute Gasteiger partial charge is 0.247 e. The van der Waals surface area contributed by atoms with Crippen LogP contribution in [0.1, 0.15) is 0 Å². The van der Waals surface area contributed by atoms with Gasteiger partial charge in [0.2, 0.25) is 0 Å². The van der Waals surface area contributed by atoms with E-state index in [2.05, 4.69) is 182 Å². The molecule has 0 radical (unpaired) electrons. The van der Waals surface area contributed by atoms with Gasteiger partial charge in [0, 0.05) is 68.0 Å². The van der Waals surface area contributed by atoms with Gasteiger partial charge in [0.15, 0.2) is 5.82 Å². The van der Waals surface area contributed by atoms with Gasteiger partial charge in [-0.05, 0) is 64.7 Å². The number of benzene rings is 8. The number of fused-ring (bicyclic) bond motifs is 8. The smallest absolute Gasteiger partial charge is 0.160 e. The molecule has 280 valence electrons. The molecule has 4 aromatic heterocycles. The van der Waals surface area contributed by atoms with Gasteiger partial charge in [-0.3, -0.25) is 0 Å². The van der Waals surface area contributed by atoms with E-state index in [4.69, 9.17) is 15.0 Å². The molecule has 0 saturated heterocycles. The average Bonchev–Trinajstić information content (AvgIpc) is 3.91. The van der Waals surface area contributed by atoms with E-state index in [0.717, 1.165) is 50.4 Å². The van der Waals surface area contributed by atoms with Crippen LogP contribution in [0.5, 0.6) is 0 Å². The molecule has 12 rings (SSSR count). The summed E-state index contributed by atoms with van der Waals surface area (Å²) in [6, 6.07) is 71.3. The molecule has 0 aliphatic heterocycles. The summed E-state index contributed by atoms with van der Waals surface area (Å²) in [4.78, 5) is 16.1. The molecule has 3 nitrogen and oxygen atoms in total. The fraction of sp³-hybridized carbons (Fsp3) is 0. The number of para-hydroxylation sites is 1.